The number of nitrogens with zero attached hydrogens (tertiary/aromatic N) is 2. The van der Waals surface area contributed by atoms with E-state index in [9.17, 15) is 4.79 Å². The van der Waals surface area contributed by atoms with Crippen LogP contribution in [0.3, 0.4) is 0 Å². The van der Waals surface area contributed by atoms with Gasteiger partial charge in [0.1, 0.15) is 5.82 Å². The molecule has 1 N–H and O–H groups in total. The van der Waals surface area contributed by atoms with Crippen molar-refractivity contribution in [2.45, 2.75) is 19.4 Å². The van der Waals surface area contributed by atoms with Crippen LogP contribution >= 0.6 is 0 Å². The van der Waals surface area contributed by atoms with Crippen LogP contribution in [0.1, 0.15) is 23.9 Å². The van der Waals surface area contributed by atoms with Crippen molar-refractivity contribution in [3.63, 3.8) is 0 Å². The highest BCUT2D eigenvalue weighted by molar-refractivity contribution is 5.68. The fourth-order valence-electron chi connectivity index (χ4n) is 1.93. The number of carboxylic acids is 1. The minimum atomic E-state index is -0.813. The first-order valence-electron chi connectivity index (χ1n) is 5.44. The second kappa shape index (κ2) is 4.82. The number of benzene rings is 1. The lowest BCUT2D eigenvalue weighted by molar-refractivity contribution is -0.137. The number of aromatic nitrogens is 2. The summed E-state index contributed by atoms with van der Waals surface area (Å²) in [6.07, 6.45) is 3.56. The van der Waals surface area contributed by atoms with E-state index in [4.69, 9.17) is 5.11 Å². The summed E-state index contributed by atoms with van der Waals surface area (Å²) >= 11 is 0. The molecule has 0 aliphatic rings. The van der Waals surface area contributed by atoms with Gasteiger partial charge in [0.15, 0.2) is 0 Å². The molecule has 4 nitrogen and oxygen atoms in total. The maximum absolute atomic E-state index is 11.0. The number of rotatable bonds is 4. The Morgan fingerprint density at radius 3 is 2.65 bits per heavy atom. The van der Waals surface area contributed by atoms with E-state index >= 15 is 0 Å². The van der Waals surface area contributed by atoms with Crippen molar-refractivity contribution < 1.29 is 9.90 Å². The predicted molar refractivity (Wildman–Crippen MR) is 63.8 cm³/mol. The smallest absolute Gasteiger partial charge is 0.305 e. The lowest BCUT2D eigenvalue weighted by Gasteiger charge is -2.18. The Morgan fingerprint density at radius 2 is 2.12 bits per heavy atom. The number of carboxylic acid groups (broad SMARTS) is 1. The van der Waals surface area contributed by atoms with Crippen LogP contribution in [0.2, 0.25) is 0 Å². The van der Waals surface area contributed by atoms with Crippen molar-refractivity contribution in [1.29, 1.82) is 0 Å². The van der Waals surface area contributed by atoms with Gasteiger partial charge in [0, 0.05) is 12.4 Å². The highest BCUT2D eigenvalue weighted by Gasteiger charge is 2.18. The Morgan fingerprint density at radius 1 is 1.41 bits per heavy atom. The number of hydrogen-bond donors (Lipinski definition) is 1. The van der Waals surface area contributed by atoms with Gasteiger partial charge < -0.3 is 9.67 Å². The fraction of sp³-hybridized carbons (Fsp3) is 0.231. The summed E-state index contributed by atoms with van der Waals surface area (Å²) in [6.45, 7) is 1.87. The van der Waals surface area contributed by atoms with Gasteiger partial charge >= 0.3 is 5.97 Å². The minimum Gasteiger partial charge on any atom is -0.481 e. The Balaban J connectivity index is 2.39. The number of aryl methyl sites for hydroxylation is 1. The van der Waals surface area contributed by atoms with Gasteiger partial charge in [-0.1, -0.05) is 30.3 Å². The molecular weight excluding hydrogens is 216 g/mol. The Bertz CT molecular complexity index is 505. The van der Waals surface area contributed by atoms with Crippen LogP contribution in [0.4, 0.5) is 0 Å². The first-order chi connectivity index (χ1) is 8.18. The van der Waals surface area contributed by atoms with E-state index < -0.39 is 5.97 Å². The molecule has 0 aliphatic heterocycles. The summed E-state index contributed by atoms with van der Waals surface area (Å²) in [5.74, 6) is 0.00653. The van der Waals surface area contributed by atoms with Crippen LogP contribution in [-0.4, -0.2) is 20.6 Å². The quantitative estimate of drug-likeness (QED) is 0.876. The van der Waals surface area contributed by atoms with Crippen LogP contribution in [0.15, 0.2) is 42.7 Å². The molecule has 0 bridgehead atoms. The Kier molecular flexibility index (Phi) is 3.23. The van der Waals surface area contributed by atoms with Gasteiger partial charge in [0.05, 0.1) is 12.5 Å². The fourth-order valence-corrected chi connectivity index (χ4v) is 1.93. The van der Waals surface area contributed by atoms with Gasteiger partial charge in [-0.2, -0.15) is 0 Å². The summed E-state index contributed by atoms with van der Waals surface area (Å²) in [6, 6.07) is 9.42. The monoisotopic (exact) mass is 230 g/mol. The summed E-state index contributed by atoms with van der Waals surface area (Å²) in [5, 5.41) is 9.00. The number of imidazole rings is 1. The lowest BCUT2D eigenvalue weighted by atomic mass is 10.0. The second-order valence-corrected chi connectivity index (χ2v) is 3.91. The molecule has 0 radical (unpaired) electrons. The summed E-state index contributed by atoms with van der Waals surface area (Å²) in [5.41, 5.74) is 0.982. The van der Waals surface area contributed by atoms with Crippen LogP contribution in [0, 0.1) is 6.92 Å². The van der Waals surface area contributed by atoms with Crippen molar-refractivity contribution in [2.75, 3.05) is 0 Å². The molecule has 0 saturated carbocycles. The van der Waals surface area contributed by atoms with Crippen LogP contribution in [0.25, 0.3) is 0 Å². The maximum atomic E-state index is 11.0. The highest BCUT2D eigenvalue weighted by Crippen LogP contribution is 2.23. The average molecular weight is 230 g/mol. The number of aliphatic carboxylic acids is 1. The summed E-state index contributed by atoms with van der Waals surface area (Å²) in [4.78, 5) is 15.1. The Labute approximate surface area is 99.5 Å². The van der Waals surface area contributed by atoms with E-state index in [2.05, 4.69) is 4.98 Å². The molecule has 0 spiro atoms. The molecule has 2 rings (SSSR count). The molecule has 88 valence electrons. The third-order valence-corrected chi connectivity index (χ3v) is 2.75. The van der Waals surface area contributed by atoms with Gasteiger partial charge in [0.2, 0.25) is 0 Å². The zero-order valence-corrected chi connectivity index (χ0v) is 9.58. The van der Waals surface area contributed by atoms with Crippen LogP contribution < -0.4 is 0 Å². The normalized spacial score (nSPS) is 12.3. The molecule has 1 aromatic heterocycles. The van der Waals surface area contributed by atoms with Crippen molar-refractivity contribution in [3.05, 3.63) is 54.1 Å². The van der Waals surface area contributed by atoms with Crippen molar-refractivity contribution in [2.24, 2.45) is 0 Å². The molecule has 4 heteroatoms. The topological polar surface area (TPSA) is 55.1 Å². The molecule has 0 aliphatic carbocycles. The van der Waals surface area contributed by atoms with E-state index in [1.54, 1.807) is 6.20 Å². The highest BCUT2D eigenvalue weighted by atomic mass is 16.4. The third-order valence-electron chi connectivity index (χ3n) is 2.75. The predicted octanol–water partition coefficient (Wildman–Crippen LogP) is 2.26. The number of hydrogen-bond acceptors (Lipinski definition) is 2. The molecule has 1 heterocycles. The molecule has 17 heavy (non-hydrogen) atoms. The molecule has 0 saturated heterocycles. The zero-order chi connectivity index (χ0) is 12.3. The van der Waals surface area contributed by atoms with E-state index in [-0.39, 0.29) is 12.5 Å². The first-order valence-corrected chi connectivity index (χ1v) is 5.44. The van der Waals surface area contributed by atoms with E-state index in [1.807, 2.05) is 48.0 Å². The average Bonchev–Trinajstić information content (AvgIpc) is 2.73. The first kappa shape index (κ1) is 11.4. The molecule has 1 aromatic carbocycles. The van der Waals surface area contributed by atoms with Gasteiger partial charge in [-0.25, -0.2) is 4.98 Å². The third kappa shape index (κ3) is 2.53. The van der Waals surface area contributed by atoms with Crippen molar-refractivity contribution >= 4 is 5.97 Å². The van der Waals surface area contributed by atoms with E-state index in [0.29, 0.717) is 0 Å². The van der Waals surface area contributed by atoms with Crippen molar-refractivity contribution in [3.8, 4) is 0 Å². The van der Waals surface area contributed by atoms with Crippen LogP contribution in [0.5, 0.6) is 0 Å². The van der Waals surface area contributed by atoms with Crippen molar-refractivity contribution in [1.82, 2.24) is 9.55 Å². The zero-order valence-electron chi connectivity index (χ0n) is 9.58. The SMILES string of the molecule is Cc1nccn1C(CC(=O)O)c1ccccc1. The molecular formula is C13H14N2O2. The summed E-state index contributed by atoms with van der Waals surface area (Å²) in [7, 11) is 0. The number of carbonyl (C=O) groups is 1. The minimum absolute atomic E-state index is 0.0568. The largest absolute Gasteiger partial charge is 0.481 e. The molecule has 2 aromatic rings. The van der Waals surface area contributed by atoms with E-state index in [0.717, 1.165) is 11.4 Å². The maximum Gasteiger partial charge on any atom is 0.305 e. The molecule has 1 atom stereocenters. The van der Waals surface area contributed by atoms with Gasteiger partial charge in [-0.15, -0.1) is 0 Å². The van der Waals surface area contributed by atoms with Crippen LogP contribution in [-0.2, 0) is 4.79 Å². The lowest BCUT2D eigenvalue weighted by Crippen LogP contribution is -2.15. The molecule has 0 fully saturated rings. The van der Waals surface area contributed by atoms with Gasteiger partial charge in [-0.3, -0.25) is 4.79 Å². The second-order valence-electron chi connectivity index (χ2n) is 3.91. The van der Waals surface area contributed by atoms with Gasteiger partial charge in [-0.05, 0) is 12.5 Å². The Hall–Kier alpha value is -2.10. The summed E-state index contributed by atoms with van der Waals surface area (Å²) < 4.78 is 1.89. The molecule has 0 amide bonds. The standard InChI is InChI=1S/C13H14N2O2/c1-10-14-7-8-15(10)12(9-13(16)17)11-5-3-2-4-6-11/h2-8,12H,9H2,1H3,(H,16,17). The van der Waals surface area contributed by atoms with Gasteiger partial charge in [0.25, 0.3) is 0 Å². The molecule has 1 unspecified atom stereocenters. The van der Waals surface area contributed by atoms with E-state index in [1.165, 1.54) is 0 Å².